The van der Waals surface area contributed by atoms with E-state index in [9.17, 15) is 4.79 Å². The lowest BCUT2D eigenvalue weighted by Gasteiger charge is -2.17. The molecule has 0 heterocycles. The van der Waals surface area contributed by atoms with Gasteiger partial charge in [0.25, 0.3) is 0 Å². The van der Waals surface area contributed by atoms with Gasteiger partial charge in [-0.1, -0.05) is 42.5 Å². The highest BCUT2D eigenvalue weighted by molar-refractivity contribution is 5.91. The molecule has 18 heavy (non-hydrogen) atoms. The Balaban J connectivity index is 2.24. The van der Waals surface area contributed by atoms with Crippen LogP contribution in [0.2, 0.25) is 0 Å². The number of carbonyl (C=O) groups is 1. The van der Waals surface area contributed by atoms with Gasteiger partial charge in [0.1, 0.15) is 5.78 Å². The van der Waals surface area contributed by atoms with Crippen LogP contribution in [0.25, 0.3) is 10.8 Å². The van der Waals surface area contributed by atoms with Gasteiger partial charge < -0.3 is 5.73 Å². The second kappa shape index (κ2) is 4.91. The zero-order valence-corrected chi connectivity index (χ0v) is 10.9. The fourth-order valence-electron chi connectivity index (χ4n) is 2.23. The van der Waals surface area contributed by atoms with Crippen molar-refractivity contribution in [3.05, 3.63) is 48.0 Å². The average molecular weight is 241 g/mol. The van der Waals surface area contributed by atoms with Crippen LogP contribution >= 0.6 is 0 Å². The molecule has 0 aromatic heterocycles. The summed E-state index contributed by atoms with van der Waals surface area (Å²) in [5.41, 5.74) is 6.54. The molecular weight excluding hydrogens is 222 g/mol. The molecule has 0 amide bonds. The lowest BCUT2D eigenvalue weighted by atomic mass is 9.93. The van der Waals surface area contributed by atoms with Crippen molar-refractivity contribution in [1.82, 2.24) is 0 Å². The number of carbonyl (C=O) groups excluding carboxylic acids is 1. The SMILES string of the molecule is CC(C)(N)CC(=O)Cc1cccc2ccccc12. The van der Waals surface area contributed by atoms with Gasteiger partial charge in [0.2, 0.25) is 0 Å². The Bertz CT molecular complexity index is 561. The van der Waals surface area contributed by atoms with Gasteiger partial charge in [-0.2, -0.15) is 0 Å². The molecule has 0 aliphatic heterocycles. The van der Waals surface area contributed by atoms with Crippen LogP contribution in [0.5, 0.6) is 0 Å². The Labute approximate surface area is 108 Å². The lowest BCUT2D eigenvalue weighted by Crippen LogP contribution is -2.35. The first-order valence-electron chi connectivity index (χ1n) is 6.23. The largest absolute Gasteiger partial charge is 0.325 e. The Morgan fingerprint density at radius 1 is 1.11 bits per heavy atom. The highest BCUT2D eigenvalue weighted by Gasteiger charge is 2.17. The first kappa shape index (κ1) is 12.8. The van der Waals surface area contributed by atoms with E-state index in [1.807, 2.05) is 38.1 Å². The number of ketones is 1. The second-order valence-electron chi connectivity index (χ2n) is 5.52. The number of hydrogen-bond acceptors (Lipinski definition) is 2. The topological polar surface area (TPSA) is 43.1 Å². The van der Waals surface area contributed by atoms with Gasteiger partial charge in [-0.15, -0.1) is 0 Å². The molecule has 0 radical (unpaired) electrons. The fraction of sp³-hybridized carbons (Fsp3) is 0.312. The molecule has 0 saturated carbocycles. The maximum absolute atomic E-state index is 12.0. The summed E-state index contributed by atoms with van der Waals surface area (Å²) in [4.78, 5) is 12.0. The summed E-state index contributed by atoms with van der Waals surface area (Å²) in [5, 5.41) is 2.33. The molecule has 0 aliphatic rings. The number of Topliss-reactive ketones (excluding diaryl/α,β-unsaturated/α-hetero) is 1. The first-order chi connectivity index (χ1) is 8.46. The second-order valence-corrected chi connectivity index (χ2v) is 5.52. The summed E-state index contributed by atoms with van der Waals surface area (Å²) in [7, 11) is 0. The van der Waals surface area contributed by atoms with Crippen LogP contribution in [-0.4, -0.2) is 11.3 Å². The predicted octanol–water partition coefficient (Wildman–Crippen LogP) is 3.08. The summed E-state index contributed by atoms with van der Waals surface area (Å²) >= 11 is 0. The first-order valence-corrected chi connectivity index (χ1v) is 6.23. The minimum Gasteiger partial charge on any atom is -0.325 e. The van der Waals surface area contributed by atoms with Gasteiger partial charge in [-0.05, 0) is 30.2 Å². The van der Waals surface area contributed by atoms with Crippen LogP contribution in [0.15, 0.2) is 42.5 Å². The molecule has 2 heteroatoms. The molecule has 2 aromatic rings. The van der Waals surface area contributed by atoms with Crippen molar-refractivity contribution in [2.24, 2.45) is 5.73 Å². The monoisotopic (exact) mass is 241 g/mol. The van der Waals surface area contributed by atoms with E-state index in [2.05, 4.69) is 18.2 Å². The summed E-state index contributed by atoms with van der Waals surface area (Å²) in [6, 6.07) is 14.2. The Hall–Kier alpha value is -1.67. The Kier molecular flexibility index (Phi) is 3.48. The van der Waals surface area contributed by atoms with Gasteiger partial charge in [-0.25, -0.2) is 0 Å². The number of rotatable bonds is 4. The van der Waals surface area contributed by atoms with Crippen molar-refractivity contribution in [3.8, 4) is 0 Å². The molecule has 0 unspecified atom stereocenters. The van der Waals surface area contributed by atoms with E-state index in [-0.39, 0.29) is 5.78 Å². The minimum atomic E-state index is -0.429. The van der Waals surface area contributed by atoms with Crippen molar-refractivity contribution in [2.45, 2.75) is 32.2 Å². The molecule has 0 fully saturated rings. The average Bonchev–Trinajstić information content (AvgIpc) is 2.27. The number of benzene rings is 2. The van der Waals surface area contributed by atoms with E-state index in [0.717, 1.165) is 10.9 Å². The molecule has 2 rings (SSSR count). The summed E-state index contributed by atoms with van der Waals surface area (Å²) in [6.07, 6.45) is 0.873. The van der Waals surface area contributed by atoms with E-state index in [4.69, 9.17) is 5.73 Å². The van der Waals surface area contributed by atoms with Crippen LogP contribution in [0.4, 0.5) is 0 Å². The van der Waals surface area contributed by atoms with E-state index in [1.165, 1.54) is 5.39 Å². The molecule has 94 valence electrons. The molecule has 0 spiro atoms. The van der Waals surface area contributed by atoms with Gasteiger partial charge >= 0.3 is 0 Å². The van der Waals surface area contributed by atoms with Gasteiger partial charge in [-0.3, -0.25) is 4.79 Å². The Morgan fingerprint density at radius 3 is 2.50 bits per heavy atom. The molecule has 2 N–H and O–H groups in total. The fourth-order valence-corrected chi connectivity index (χ4v) is 2.23. The third-order valence-electron chi connectivity index (χ3n) is 2.92. The molecule has 0 aliphatic carbocycles. The maximum atomic E-state index is 12.0. The van der Waals surface area contributed by atoms with Crippen LogP contribution in [-0.2, 0) is 11.2 Å². The third kappa shape index (κ3) is 3.17. The highest BCUT2D eigenvalue weighted by atomic mass is 16.1. The van der Waals surface area contributed by atoms with E-state index in [0.29, 0.717) is 12.8 Å². The standard InChI is InChI=1S/C16H19NO/c1-16(2,17)11-14(18)10-13-8-5-7-12-6-3-4-9-15(12)13/h3-9H,10-11,17H2,1-2H3. The lowest BCUT2D eigenvalue weighted by molar-refractivity contribution is -0.119. The van der Waals surface area contributed by atoms with Crippen molar-refractivity contribution < 1.29 is 4.79 Å². The summed E-state index contributed by atoms with van der Waals surface area (Å²) in [5.74, 6) is 0.193. The zero-order valence-electron chi connectivity index (χ0n) is 10.9. The number of nitrogens with two attached hydrogens (primary N) is 1. The molecular formula is C16H19NO. The van der Waals surface area contributed by atoms with Crippen LogP contribution in [0.1, 0.15) is 25.8 Å². The summed E-state index contributed by atoms with van der Waals surface area (Å²) < 4.78 is 0. The minimum absolute atomic E-state index is 0.193. The van der Waals surface area contributed by atoms with E-state index >= 15 is 0 Å². The van der Waals surface area contributed by atoms with Crippen LogP contribution in [0, 0.1) is 0 Å². The normalized spacial score (nSPS) is 11.7. The zero-order chi connectivity index (χ0) is 13.2. The summed E-state index contributed by atoms with van der Waals surface area (Å²) in [6.45, 7) is 3.77. The molecule has 0 atom stereocenters. The third-order valence-corrected chi connectivity index (χ3v) is 2.92. The highest BCUT2D eigenvalue weighted by Crippen LogP contribution is 2.20. The molecule has 0 saturated heterocycles. The predicted molar refractivity (Wildman–Crippen MR) is 75.5 cm³/mol. The molecule has 0 bridgehead atoms. The van der Waals surface area contributed by atoms with Gasteiger partial charge in [0, 0.05) is 18.4 Å². The molecule has 2 aromatic carbocycles. The van der Waals surface area contributed by atoms with Gasteiger partial charge in [0.15, 0.2) is 0 Å². The maximum Gasteiger partial charge on any atom is 0.139 e. The smallest absolute Gasteiger partial charge is 0.139 e. The van der Waals surface area contributed by atoms with Crippen molar-refractivity contribution >= 4 is 16.6 Å². The number of fused-ring (bicyclic) bond motifs is 1. The van der Waals surface area contributed by atoms with Crippen molar-refractivity contribution in [1.29, 1.82) is 0 Å². The van der Waals surface area contributed by atoms with E-state index in [1.54, 1.807) is 0 Å². The van der Waals surface area contributed by atoms with Crippen LogP contribution < -0.4 is 5.73 Å². The van der Waals surface area contributed by atoms with E-state index < -0.39 is 5.54 Å². The van der Waals surface area contributed by atoms with Crippen molar-refractivity contribution in [3.63, 3.8) is 0 Å². The Morgan fingerprint density at radius 2 is 1.78 bits per heavy atom. The quantitative estimate of drug-likeness (QED) is 0.894. The van der Waals surface area contributed by atoms with Gasteiger partial charge in [0.05, 0.1) is 0 Å². The van der Waals surface area contributed by atoms with Crippen LogP contribution in [0.3, 0.4) is 0 Å². The number of hydrogen-bond donors (Lipinski definition) is 1. The molecule has 2 nitrogen and oxygen atoms in total. The van der Waals surface area contributed by atoms with Crippen molar-refractivity contribution in [2.75, 3.05) is 0 Å².